The molecule has 0 unspecified atom stereocenters. The molecule has 1 aliphatic rings. The SMILES string of the molecule is CC(C)C(=O)N1CCC(Nc2ccc(C(F)(F)F)cc2C#N)CC1. The van der Waals surface area contributed by atoms with E-state index in [1.807, 2.05) is 19.9 Å². The minimum atomic E-state index is -4.47. The lowest BCUT2D eigenvalue weighted by atomic mass is 10.0. The summed E-state index contributed by atoms with van der Waals surface area (Å²) in [6.45, 7) is 4.93. The second-order valence-corrected chi connectivity index (χ2v) is 6.27. The van der Waals surface area contributed by atoms with Crippen LogP contribution in [0.3, 0.4) is 0 Å². The van der Waals surface area contributed by atoms with Gasteiger partial charge in [0.25, 0.3) is 0 Å². The van der Waals surface area contributed by atoms with Gasteiger partial charge in [0.15, 0.2) is 0 Å². The van der Waals surface area contributed by atoms with E-state index in [9.17, 15) is 18.0 Å². The quantitative estimate of drug-likeness (QED) is 0.915. The Morgan fingerprint density at radius 3 is 2.46 bits per heavy atom. The van der Waals surface area contributed by atoms with Crippen LogP contribution in [0.2, 0.25) is 0 Å². The lowest BCUT2D eigenvalue weighted by Crippen LogP contribution is -2.44. The number of carbonyl (C=O) groups is 1. The number of hydrogen-bond acceptors (Lipinski definition) is 3. The van der Waals surface area contributed by atoms with Crippen LogP contribution in [0.4, 0.5) is 18.9 Å². The first kappa shape index (κ1) is 18.1. The molecule has 0 aromatic heterocycles. The Morgan fingerprint density at radius 1 is 1.33 bits per heavy atom. The van der Waals surface area contributed by atoms with Gasteiger partial charge in [0.1, 0.15) is 6.07 Å². The lowest BCUT2D eigenvalue weighted by Gasteiger charge is -2.34. The Bertz CT molecular complexity index is 641. The van der Waals surface area contributed by atoms with Crippen LogP contribution in [0.5, 0.6) is 0 Å². The van der Waals surface area contributed by atoms with E-state index in [2.05, 4.69) is 5.32 Å². The third-order valence-corrected chi connectivity index (χ3v) is 4.13. The third-order valence-electron chi connectivity index (χ3n) is 4.13. The maximum absolute atomic E-state index is 12.7. The zero-order chi connectivity index (χ0) is 17.9. The van der Waals surface area contributed by atoms with Crippen LogP contribution in [-0.4, -0.2) is 29.9 Å². The molecule has 1 heterocycles. The zero-order valence-electron chi connectivity index (χ0n) is 13.7. The van der Waals surface area contributed by atoms with Crippen LogP contribution in [0.15, 0.2) is 18.2 Å². The van der Waals surface area contributed by atoms with Crippen LogP contribution in [0.25, 0.3) is 0 Å². The molecule has 0 spiro atoms. The summed E-state index contributed by atoms with van der Waals surface area (Å²) in [6, 6.07) is 4.98. The van der Waals surface area contributed by atoms with E-state index < -0.39 is 11.7 Å². The maximum atomic E-state index is 12.7. The number of nitrogens with one attached hydrogen (secondary N) is 1. The second kappa shape index (κ2) is 7.12. The topological polar surface area (TPSA) is 56.1 Å². The molecule has 1 aliphatic heterocycles. The fraction of sp³-hybridized carbons (Fsp3) is 0.529. The Morgan fingerprint density at radius 2 is 1.96 bits per heavy atom. The molecule has 1 amide bonds. The molecule has 0 radical (unpaired) electrons. The van der Waals surface area contributed by atoms with Gasteiger partial charge >= 0.3 is 6.18 Å². The van der Waals surface area contributed by atoms with E-state index in [0.29, 0.717) is 31.6 Å². The number of hydrogen-bond donors (Lipinski definition) is 1. The molecule has 2 rings (SSSR count). The summed E-state index contributed by atoms with van der Waals surface area (Å²) < 4.78 is 38.1. The first-order valence-corrected chi connectivity index (χ1v) is 7.89. The van der Waals surface area contributed by atoms with Gasteiger partial charge < -0.3 is 10.2 Å². The van der Waals surface area contributed by atoms with Gasteiger partial charge in [-0.05, 0) is 31.0 Å². The molecule has 0 bridgehead atoms. The molecular formula is C17H20F3N3O. The van der Waals surface area contributed by atoms with Crippen LogP contribution in [-0.2, 0) is 11.0 Å². The highest BCUT2D eigenvalue weighted by Gasteiger charge is 2.31. The summed E-state index contributed by atoms with van der Waals surface area (Å²) in [7, 11) is 0. The normalized spacial score (nSPS) is 16.1. The van der Waals surface area contributed by atoms with Gasteiger partial charge in [-0.15, -0.1) is 0 Å². The van der Waals surface area contributed by atoms with Gasteiger partial charge in [-0.2, -0.15) is 18.4 Å². The number of anilines is 1. The molecule has 0 aliphatic carbocycles. The number of nitriles is 1. The predicted octanol–water partition coefficient (Wildman–Crippen LogP) is 3.64. The molecule has 4 nitrogen and oxygen atoms in total. The van der Waals surface area contributed by atoms with Crippen molar-refractivity contribution in [3.05, 3.63) is 29.3 Å². The molecule has 0 atom stereocenters. The van der Waals surface area contributed by atoms with Gasteiger partial charge in [0, 0.05) is 25.0 Å². The summed E-state index contributed by atoms with van der Waals surface area (Å²) in [5.74, 6) is 0.0651. The number of alkyl halides is 3. The van der Waals surface area contributed by atoms with E-state index >= 15 is 0 Å². The number of likely N-dealkylation sites (tertiary alicyclic amines) is 1. The third kappa shape index (κ3) is 4.19. The van der Waals surface area contributed by atoms with Crippen LogP contribution in [0, 0.1) is 17.2 Å². The Hall–Kier alpha value is -2.23. The lowest BCUT2D eigenvalue weighted by molar-refractivity contribution is -0.137. The molecule has 1 aromatic carbocycles. The second-order valence-electron chi connectivity index (χ2n) is 6.27. The molecular weight excluding hydrogens is 319 g/mol. The summed E-state index contributed by atoms with van der Waals surface area (Å²) in [5, 5.41) is 12.2. The number of rotatable bonds is 3. The summed E-state index contributed by atoms with van der Waals surface area (Å²) in [6.07, 6.45) is -3.07. The van der Waals surface area contributed by atoms with Crippen molar-refractivity contribution < 1.29 is 18.0 Å². The van der Waals surface area contributed by atoms with Crippen LogP contribution < -0.4 is 5.32 Å². The average molecular weight is 339 g/mol. The van der Waals surface area contributed by atoms with Gasteiger partial charge in [-0.25, -0.2) is 0 Å². The number of benzene rings is 1. The van der Waals surface area contributed by atoms with E-state index in [1.165, 1.54) is 6.07 Å². The Kier molecular flexibility index (Phi) is 5.37. The van der Waals surface area contributed by atoms with E-state index in [1.54, 1.807) is 4.90 Å². The van der Waals surface area contributed by atoms with Crippen molar-refractivity contribution in [1.29, 1.82) is 5.26 Å². The minimum Gasteiger partial charge on any atom is -0.381 e. The minimum absolute atomic E-state index is 0.0227. The van der Waals surface area contributed by atoms with Crippen molar-refractivity contribution in [1.82, 2.24) is 4.90 Å². The van der Waals surface area contributed by atoms with Crippen molar-refractivity contribution in [3.63, 3.8) is 0 Å². The van der Waals surface area contributed by atoms with Crippen molar-refractivity contribution in [2.45, 2.75) is 38.9 Å². The fourth-order valence-electron chi connectivity index (χ4n) is 2.77. The van der Waals surface area contributed by atoms with Gasteiger partial charge in [-0.3, -0.25) is 4.79 Å². The van der Waals surface area contributed by atoms with Crippen molar-refractivity contribution in [2.75, 3.05) is 18.4 Å². The predicted molar refractivity (Wildman–Crippen MR) is 84.2 cm³/mol. The highest BCUT2D eigenvalue weighted by Crippen LogP contribution is 2.32. The molecule has 130 valence electrons. The van der Waals surface area contributed by atoms with Crippen molar-refractivity contribution >= 4 is 11.6 Å². The fourth-order valence-corrected chi connectivity index (χ4v) is 2.77. The average Bonchev–Trinajstić information content (AvgIpc) is 2.54. The number of carbonyl (C=O) groups excluding carboxylic acids is 1. The molecule has 1 aromatic rings. The number of piperidine rings is 1. The first-order chi connectivity index (χ1) is 11.2. The molecule has 0 saturated carbocycles. The smallest absolute Gasteiger partial charge is 0.381 e. The Labute approximate surface area is 139 Å². The van der Waals surface area contributed by atoms with Crippen molar-refractivity contribution in [3.8, 4) is 6.07 Å². The first-order valence-electron chi connectivity index (χ1n) is 7.89. The van der Waals surface area contributed by atoms with E-state index in [4.69, 9.17) is 5.26 Å². The number of halogens is 3. The molecule has 1 saturated heterocycles. The highest BCUT2D eigenvalue weighted by molar-refractivity contribution is 5.78. The summed E-state index contributed by atoms with van der Waals surface area (Å²) in [4.78, 5) is 13.8. The van der Waals surface area contributed by atoms with Crippen molar-refractivity contribution in [2.24, 2.45) is 5.92 Å². The standard InChI is InChI=1S/C17H20F3N3O/c1-11(2)16(24)23-7-5-14(6-8-23)22-15-4-3-13(17(18,19)20)9-12(15)10-21/h3-4,9,11,14,22H,5-8H2,1-2H3. The van der Waals surface area contributed by atoms with Crippen LogP contribution in [0.1, 0.15) is 37.8 Å². The number of nitrogens with zero attached hydrogens (tertiary/aromatic N) is 2. The van der Waals surface area contributed by atoms with E-state index in [-0.39, 0.29) is 23.4 Å². The molecule has 24 heavy (non-hydrogen) atoms. The Balaban J connectivity index is 2.03. The largest absolute Gasteiger partial charge is 0.416 e. The zero-order valence-corrected chi connectivity index (χ0v) is 13.7. The van der Waals surface area contributed by atoms with Gasteiger partial charge in [0.2, 0.25) is 5.91 Å². The van der Waals surface area contributed by atoms with E-state index in [0.717, 1.165) is 12.1 Å². The highest BCUT2D eigenvalue weighted by atomic mass is 19.4. The summed E-state index contributed by atoms with van der Waals surface area (Å²) in [5.41, 5.74) is -0.452. The number of amides is 1. The van der Waals surface area contributed by atoms with Gasteiger partial charge in [0.05, 0.1) is 16.8 Å². The van der Waals surface area contributed by atoms with Crippen LogP contribution >= 0.6 is 0 Å². The maximum Gasteiger partial charge on any atom is 0.416 e. The van der Waals surface area contributed by atoms with Gasteiger partial charge in [-0.1, -0.05) is 13.8 Å². The molecule has 1 N–H and O–H groups in total. The summed E-state index contributed by atoms with van der Waals surface area (Å²) >= 11 is 0. The monoisotopic (exact) mass is 339 g/mol. The molecule has 1 fully saturated rings. The molecule has 7 heteroatoms.